The fraction of sp³-hybridized carbons (Fsp3) is 0.818. The number of amides is 2. The van der Waals surface area contributed by atoms with Crippen LogP contribution in [0.3, 0.4) is 0 Å². The molecule has 0 saturated heterocycles. The molecule has 2 amide bonds. The third-order valence-electron chi connectivity index (χ3n) is 2.01. The molecule has 0 bridgehead atoms. The molecule has 0 aromatic rings. The zero-order valence-corrected chi connectivity index (χ0v) is 12.0. The van der Waals surface area contributed by atoms with Crippen LogP contribution in [0.25, 0.3) is 0 Å². The summed E-state index contributed by atoms with van der Waals surface area (Å²) in [5, 5.41) is 2.50. The molecule has 0 aliphatic heterocycles. The van der Waals surface area contributed by atoms with E-state index in [0.29, 0.717) is 5.06 Å². The van der Waals surface area contributed by atoms with E-state index in [0.717, 1.165) is 14.2 Å². The highest BCUT2D eigenvalue weighted by molar-refractivity contribution is 5.84. The molecule has 9 heteroatoms. The molecule has 20 heavy (non-hydrogen) atoms. The Morgan fingerprint density at radius 1 is 1.25 bits per heavy atom. The highest BCUT2D eigenvalue weighted by Crippen LogP contribution is 2.22. The molecule has 6 nitrogen and oxygen atoms in total. The third-order valence-corrected chi connectivity index (χ3v) is 2.01. The fourth-order valence-electron chi connectivity index (χ4n) is 1.19. The number of nitrogens with one attached hydrogen (secondary N) is 1. The Bertz CT molecular complexity index is 353. The van der Waals surface area contributed by atoms with E-state index in [-0.39, 0.29) is 0 Å². The lowest BCUT2D eigenvalue weighted by atomic mass is 10.2. The first kappa shape index (κ1) is 18.5. The Morgan fingerprint density at radius 3 is 2.10 bits per heavy atom. The molecule has 0 saturated carbocycles. The molecule has 0 fully saturated rings. The lowest BCUT2D eigenvalue weighted by molar-refractivity contribution is -0.180. The van der Waals surface area contributed by atoms with Crippen LogP contribution in [0.2, 0.25) is 0 Å². The van der Waals surface area contributed by atoms with Gasteiger partial charge in [0.2, 0.25) is 0 Å². The van der Waals surface area contributed by atoms with Gasteiger partial charge in [-0.05, 0) is 20.8 Å². The van der Waals surface area contributed by atoms with Crippen molar-refractivity contribution in [1.29, 1.82) is 0 Å². The van der Waals surface area contributed by atoms with Gasteiger partial charge < -0.3 is 10.1 Å². The summed E-state index contributed by atoms with van der Waals surface area (Å²) in [6.07, 6.45) is -7.24. The van der Waals surface area contributed by atoms with Gasteiger partial charge in [-0.3, -0.25) is 9.63 Å². The van der Waals surface area contributed by atoms with Gasteiger partial charge in [-0.1, -0.05) is 0 Å². The molecule has 0 aromatic heterocycles. The normalized spacial score (nSPS) is 13.6. The molecule has 0 spiro atoms. The van der Waals surface area contributed by atoms with E-state index in [1.54, 1.807) is 20.8 Å². The lowest BCUT2D eigenvalue weighted by Gasteiger charge is -2.25. The number of halogens is 3. The molecular formula is C11H19F3N2O4. The predicted octanol–water partition coefficient (Wildman–Crippen LogP) is 1.85. The van der Waals surface area contributed by atoms with Gasteiger partial charge in [-0.15, -0.1) is 0 Å². The zero-order valence-electron chi connectivity index (χ0n) is 12.0. The van der Waals surface area contributed by atoms with E-state index in [1.165, 1.54) is 0 Å². The Morgan fingerprint density at radius 2 is 1.75 bits per heavy atom. The van der Waals surface area contributed by atoms with E-state index in [2.05, 4.69) is 4.84 Å². The topological polar surface area (TPSA) is 67.9 Å². The molecule has 1 atom stereocenters. The van der Waals surface area contributed by atoms with Crippen molar-refractivity contribution in [3.8, 4) is 0 Å². The van der Waals surface area contributed by atoms with Gasteiger partial charge in [0.05, 0.1) is 13.5 Å². The number of ether oxygens (including phenoxy) is 1. The molecule has 0 aliphatic rings. The van der Waals surface area contributed by atoms with Crippen molar-refractivity contribution in [1.82, 2.24) is 10.4 Å². The minimum atomic E-state index is -4.62. The van der Waals surface area contributed by atoms with Crippen LogP contribution in [0, 0.1) is 0 Å². The standard InChI is InChI=1S/C11H19F3N2O4/c1-10(2,3)20-9(18)15-7(6-11(12,13)14)8(17)16(4)19-5/h7H,6H2,1-5H3,(H,15,18)/t7-/m0/s1. The molecule has 0 heterocycles. The van der Waals surface area contributed by atoms with Crippen LogP contribution in [0.15, 0.2) is 0 Å². The van der Waals surface area contributed by atoms with E-state index in [1.807, 2.05) is 5.32 Å². The van der Waals surface area contributed by atoms with Crippen LogP contribution in [0.5, 0.6) is 0 Å². The summed E-state index contributed by atoms with van der Waals surface area (Å²) in [7, 11) is 2.26. The third kappa shape index (κ3) is 7.82. The number of rotatable bonds is 4. The number of hydrogen-bond acceptors (Lipinski definition) is 4. The van der Waals surface area contributed by atoms with Crippen LogP contribution in [0.1, 0.15) is 27.2 Å². The monoisotopic (exact) mass is 300 g/mol. The number of likely N-dealkylation sites (N-methyl/N-ethyl adjacent to an activating group) is 1. The number of alkyl carbamates (subject to hydrolysis) is 1. The molecule has 0 radical (unpaired) electrons. The van der Waals surface area contributed by atoms with Gasteiger partial charge in [0.1, 0.15) is 11.6 Å². The van der Waals surface area contributed by atoms with Gasteiger partial charge in [0.15, 0.2) is 0 Å². The summed E-state index contributed by atoms with van der Waals surface area (Å²) < 4.78 is 42.1. The maximum atomic E-state index is 12.4. The molecule has 0 rings (SSSR count). The van der Waals surface area contributed by atoms with Gasteiger partial charge in [-0.2, -0.15) is 13.2 Å². The van der Waals surface area contributed by atoms with E-state index in [4.69, 9.17) is 4.74 Å². The summed E-state index contributed by atoms with van der Waals surface area (Å²) in [6, 6.07) is -1.81. The molecule has 0 unspecified atom stereocenters. The number of nitrogens with zero attached hydrogens (tertiary/aromatic N) is 1. The molecule has 1 N–H and O–H groups in total. The van der Waals surface area contributed by atoms with Crippen molar-refractivity contribution in [3.63, 3.8) is 0 Å². The maximum Gasteiger partial charge on any atom is 0.408 e. The summed E-state index contributed by atoms with van der Waals surface area (Å²) in [5.41, 5.74) is -0.886. The Balaban J connectivity index is 4.87. The SMILES string of the molecule is CON(C)C(=O)[C@H](CC(F)(F)F)NC(=O)OC(C)(C)C. The summed E-state index contributed by atoms with van der Waals surface area (Å²) in [5.74, 6) is -1.03. The van der Waals surface area contributed by atoms with Crippen LogP contribution < -0.4 is 5.32 Å². The number of alkyl halides is 3. The second kappa shape index (κ2) is 6.78. The van der Waals surface area contributed by atoms with Crippen molar-refractivity contribution in [2.45, 2.75) is 45.0 Å². The van der Waals surface area contributed by atoms with Crippen molar-refractivity contribution < 1.29 is 32.3 Å². The van der Waals surface area contributed by atoms with E-state index < -0.39 is 36.2 Å². The van der Waals surface area contributed by atoms with Crippen molar-refractivity contribution in [2.24, 2.45) is 0 Å². The van der Waals surface area contributed by atoms with Crippen LogP contribution in [-0.4, -0.2) is 49.0 Å². The average Bonchev–Trinajstić information content (AvgIpc) is 2.21. The first-order chi connectivity index (χ1) is 8.85. The minimum Gasteiger partial charge on any atom is -0.444 e. The average molecular weight is 300 g/mol. The summed E-state index contributed by atoms with van der Waals surface area (Å²) >= 11 is 0. The molecule has 0 aromatic carbocycles. The second-order valence-corrected chi connectivity index (χ2v) is 5.04. The van der Waals surface area contributed by atoms with Crippen molar-refractivity contribution in [3.05, 3.63) is 0 Å². The minimum absolute atomic E-state index is 0.605. The maximum absolute atomic E-state index is 12.4. The Hall–Kier alpha value is -1.51. The predicted molar refractivity (Wildman–Crippen MR) is 63.6 cm³/mol. The lowest BCUT2D eigenvalue weighted by Crippen LogP contribution is -2.50. The fourth-order valence-corrected chi connectivity index (χ4v) is 1.19. The second-order valence-electron chi connectivity index (χ2n) is 5.04. The smallest absolute Gasteiger partial charge is 0.408 e. The van der Waals surface area contributed by atoms with Gasteiger partial charge in [0.25, 0.3) is 5.91 Å². The van der Waals surface area contributed by atoms with Crippen molar-refractivity contribution >= 4 is 12.0 Å². The van der Waals surface area contributed by atoms with Gasteiger partial charge in [-0.25, -0.2) is 9.86 Å². The quantitative estimate of drug-likeness (QED) is 0.805. The largest absolute Gasteiger partial charge is 0.444 e. The van der Waals surface area contributed by atoms with Crippen LogP contribution in [-0.2, 0) is 14.4 Å². The number of hydroxylamine groups is 2. The van der Waals surface area contributed by atoms with E-state index in [9.17, 15) is 22.8 Å². The number of carbonyl (C=O) groups is 2. The Labute approximate surface area is 115 Å². The summed E-state index contributed by atoms with van der Waals surface area (Å²) in [4.78, 5) is 27.7. The number of hydrogen-bond donors (Lipinski definition) is 1. The highest BCUT2D eigenvalue weighted by Gasteiger charge is 2.38. The summed E-state index contributed by atoms with van der Waals surface area (Å²) in [6.45, 7) is 4.65. The first-order valence-electron chi connectivity index (χ1n) is 5.73. The zero-order chi connectivity index (χ0) is 16.1. The Kier molecular flexibility index (Phi) is 6.27. The van der Waals surface area contributed by atoms with E-state index >= 15 is 0 Å². The van der Waals surface area contributed by atoms with Crippen molar-refractivity contribution in [2.75, 3.05) is 14.2 Å². The molecule has 118 valence electrons. The number of carbonyl (C=O) groups excluding carboxylic acids is 2. The molecule has 0 aliphatic carbocycles. The first-order valence-corrected chi connectivity index (χ1v) is 5.73. The highest BCUT2D eigenvalue weighted by atomic mass is 19.4. The van der Waals surface area contributed by atoms with Gasteiger partial charge >= 0.3 is 12.3 Å². The molecular weight excluding hydrogens is 281 g/mol. The van der Waals surface area contributed by atoms with Crippen LogP contribution in [0.4, 0.5) is 18.0 Å². The van der Waals surface area contributed by atoms with Gasteiger partial charge in [0, 0.05) is 7.05 Å². The van der Waals surface area contributed by atoms with Crippen LogP contribution >= 0.6 is 0 Å².